The first-order valence-electron chi connectivity index (χ1n) is 7.09. The number of nitrogens with zero attached hydrogens (tertiary/aromatic N) is 1. The molecule has 2 N–H and O–H groups in total. The maximum atomic E-state index is 11.1. The van der Waals surface area contributed by atoms with Crippen LogP contribution < -0.4 is 5.32 Å². The van der Waals surface area contributed by atoms with Crippen LogP contribution in [0.5, 0.6) is 0 Å². The van der Waals surface area contributed by atoms with Gasteiger partial charge in [0, 0.05) is 11.6 Å². The van der Waals surface area contributed by atoms with Gasteiger partial charge >= 0.3 is 5.97 Å². The summed E-state index contributed by atoms with van der Waals surface area (Å²) in [6.45, 7) is 4.35. The molecule has 0 amide bonds. The molecule has 0 aliphatic rings. The third kappa shape index (κ3) is 4.16. The van der Waals surface area contributed by atoms with E-state index in [0.29, 0.717) is 18.7 Å². The molecule has 2 rings (SSSR count). The molecule has 1 aromatic heterocycles. The molecular formula is C16H20N2O3. The molecule has 2 aromatic rings. The topological polar surface area (TPSA) is 75.4 Å². The molecule has 5 heteroatoms. The number of carboxylic acid groups (broad SMARTS) is 1. The Bertz CT molecular complexity index is 590. The fourth-order valence-electron chi connectivity index (χ4n) is 2.08. The van der Waals surface area contributed by atoms with Crippen LogP contribution in [0.3, 0.4) is 0 Å². The van der Waals surface area contributed by atoms with Crippen LogP contribution >= 0.6 is 0 Å². The van der Waals surface area contributed by atoms with E-state index in [9.17, 15) is 4.79 Å². The lowest BCUT2D eigenvalue weighted by Crippen LogP contribution is -2.35. The molecule has 1 atom stereocenters. The van der Waals surface area contributed by atoms with Gasteiger partial charge in [-0.15, -0.1) is 0 Å². The van der Waals surface area contributed by atoms with Crippen molar-refractivity contribution in [3.05, 3.63) is 41.7 Å². The first kappa shape index (κ1) is 15.3. The fourth-order valence-corrected chi connectivity index (χ4v) is 2.08. The molecule has 0 saturated carbocycles. The molecule has 0 saturated heterocycles. The van der Waals surface area contributed by atoms with E-state index in [0.717, 1.165) is 17.7 Å². The van der Waals surface area contributed by atoms with Crippen LogP contribution in [-0.4, -0.2) is 22.3 Å². The third-order valence-corrected chi connectivity index (χ3v) is 3.30. The average Bonchev–Trinajstić information content (AvgIpc) is 2.92. The molecule has 0 aliphatic carbocycles. The van der Waals surface area contributed by atoms with Gasteiger partial charge in [0.1, 0.15) is 11.7 Å². The minimum absolute atomic E-state index is 0.357. The van der Waals surface area contributed by atoms with E-state index >= 15 is 0 Å². The van der Waals surface area contributed by atoms with Crippen molar-refractivity contribution in [1.29, 1.82) is 0 Å². The molecule has 112 valence electrons. The molecular weight excluding hydrogens is 268 g/mol. The van der Waals surface area contributed by atoms with Crippen LogP contribution in [0.1, 0.15) is 31.1 Å². The lowest BCUT2D eigenvalue weighted by Gasteiger charge is -2.11. The van der Waals surface area contributed by atoms with Crippen LogP contribution in [-0.2, 0) is 11.3 Å². The number of aryl methyl sites for hydroxylation is 1. The molecule has 1 heterocycles. The molecule has 0 bridgehead atoms. The molecule has 0 fully saturated rings. The Labute approximate surface area is 124 Å². The second-order valence-electron chi connectivity index (χ2n) is 5.10. The van der Waals surface area contributed by atoms with Gasteiger partial charge in [0.25, 0.3) is 0 Å². The summed E-state index contributed by atoms with van der Waals surface area (Å²) in [7, 11) is 0. The number of hydrogen-bond donors (Lipinski definition) is 2. The van der Waals surface area contributed by atoms with E-state index in [1.807, 2.05) is 44.2 Å². The Hall–Kier alpha value is -2.14. The van der Waals surface area contributed by atoms with E-state index < -0.39 is 12.0 Å². The van der Waals surface area contributed by atoms with Gasteiger partial charge in [0.05, 0.1) is 6.54 Å². The van der Waals surface area contributed by atoms with Gasteiger partial charge in [0.2, 0.25) is 0 Å². The van der Waals surface area contributed by atoms with E-state index in [4.69, 9.17) is 9.63 Å². The molecule has 21 heavy (non-hydrogen) atoms. The van der Waals surface area contributed by atoms with Crippen molar-refractivity contribution < 1.29 is 14.4 Å². The molecule has 5 nitrogen and oxygen atoms in total. The zero-order chi connectivity index (χ0) is 15.2. The Morgan fingerprint density at radius 3 is 2.71 bits per heavy atom. The van der Waals surface area contributed by atoms with Crippen LogP contribution in [0, 0.1) is 6.92 Å². The lowest BCUT2D eigenvalue weighted by atomic mass is 10.1. The van der Waals surface area contributed by atoms with Crippen LogP contribution in [0.15, 0.2) is 34.9 Å². The zero-order valence-corrected chi connectivity index (χ0v) is 12.3. The highest BCUT2D eigenvalue weighted by Gasteiger charge is 2.16. The van der Waals surface area contributed by atoms with E-state index in [2.05, 4.69) is 10.5 Å². The number of aromatic nitrogens is 1. The third-order valence-electron chi connectivity index (χ3n) is 3.30. The Kier molecular flexibility index (Phi) is 5.11. The fraction of sp³-hybridized carbons (Fsp3) is 0.375. The number of hydrogen-bond acceptors (Lipinski definition) is 4. The van der Waals surface area contributed by atoms with Crippen molar-refractivity contribution >= 4 is 5.97 Å². The van der Waals surface area contributed by atoms with E-state index in [1.54, 1.807) is 0 Å². The first-order valence-corrected chi connectivity index (χ1v) is 7.09. The van der Waals surface area contributed by atoms with Gasteiger partial charge in [-0.3, -0.25) is 10.1 Å². The number of carbonyl (C=O) groups is 1. The normalized spacial score (nSPS) is 12.3. The Balaban J connectivity index is 2.00. The standard InChI is InChI=1S/C16H20N2O3/c1-3-4-14(16(19)20)17-10-13-9-15(18-21-13)12-7-5-11(2)6-8-12/h5-9,14,17H,3-4,10H2,1-2H3,(H,19,20). The molecule has 1 aromatic carbocycles. The molecule has 0 radical (unpaired) electrons. The van der Waals surface area contributed by atoms with Crippen molar-refractivity contribution in [3.8, 4) is 11.3 Å². The van der Waals surface area contributed by atoms with Gasteiger partial charge in [-0.2, -0.15) is 0 Å². The summed E-state index contributed by atoms with van der Waals surface area (Å²) in [5.74, 6) is -0.206. The van der Waals surface area contributed by atoms with E-state index in [1.165, 1.54) is 5.56 Å². The van der Waals surface area contributed by atoms with Crippen molar-refractivity contribution in [2.75, 3.05) is 0 Å². The molecule has 0 aliphatic heterocycles. The number of carboxylic acids is 1. The van der Waals surface area contributed by atoms with Gasteiger partial charge in [-0.05, 0) is 13.3 Å². The maximum Gasteiger partial charge on any atom is 0.320 e. The predicted molar refractivity (Wildman–Crippen MR) is 79.8 cm³/mol. The second-order valence-corrected chi connectivity index (χ2v) is 5.10. The minimum Gasteiger partial charge on any atom is -0.480 e. The van der Waals surface area contributed by atoms with Crippen LogP contribution in [0.25, 0.3) is 11.3 Å². The number of rotatable bonds is 7. The molecule has 0 spiro atoms. The Morgan fingerprint density at radius 1 is 1.38 bits per heavy atom. The minimum atomic E-state index is -0.838. The average molecular weight is 288 g/mol. The summed E-state index contributed by atoms with van der Waals surface area (Å²) in [5.41, 5.74) is 2.93. The highest BCUT2D eigenvalue weighted by molar-refractivity contribution is 5.73. The summed E-state index contributed by atoms with van der Waals surface area (Å²) >= 11 is 0. The quantitative estimate of drug-likeness (QED) is 0.819. The summed E-state index contributed by atoms with van der Waals surface area (Å²) in [4.78, 5) is 11.1. The summed E-state index contributed by atoms with van der Waals surface area (Å²) in [6, 6.07) is 9.29. The van der Waals surface area contributed by atoms with Crippen LogP contribution in [0.2, 0.25) is 0 Å². The maximum absolute atomic E-state index is 11.1. The van der Waals surface area contributed by atoms with Gasteiger partial charge in [-0.25, -0.2) is 0 Å². The number of benzene rings is 1. The zero-order valence-electron chi connectivity index (χ0n) is 12.3. The summed E-state index contributed by atoms with van der Waals surface area (Å²) in [6.07, 6.45) is 1.41. The highest BCUT2D eigenvalue weighted by Crippen LogP contribution is 2.19. The van der Waals surface area contributed by atoms with Crippen LogP contribution in [0.4, 0.5) is 0 Å². The lowest BCUT2D eigenvalue weighted by molar-refractivity contribution is -0.139. The summed E-state index contributed by atoms with van der Waals surface area (Å²) in [5, 5.41) is 16.1. The Morgan fingerprint density at radius 2 is 2.10 bits per heavy atom. The van der Waals surface area contributed by atoms with Crippen molar-refractivity contribution in [2.45, 2.75) is 39.3 Å². The largest absolute Gasteiger partial charge is 0.480 e. The SMILES string of the molecule is CCCC(NCc1cc(-c2ccc(C)cc2)no1)C(=O)O. The van der Waals surface area contributed by atoms with Gasteiger partial charge in [0.15, 0.2) is 5.76 Å². The van der Waals surface area contributed by atoms with Crippen molar-refractivity contribution in [1.82, 2.24) is 10.5 Å². The second kappa shape index (κ2) is 7.04. The monoisotopic (exact) mass is 288 g/mol. The van der Waals surface area contributed by atoms with E-state index in [-0.39, 0.29) is 0 Å². The summed E-state index contributed by atoms with van der Waals surface area (Å²) < 4.78 is 5.25. The smallest absolute Gasteiger partial charge is 0.320 e. The van der Waals surface area contributed by atoms with Gasteiger partial charge in [-0.1, -0.05) is 48.3 Å². The predicted octanol–water partition coefficient (Wildman–Crippen LogP) is 2.99. The van der Waals surface area contributed by atoms with Gasteiger partial charge < -0.3 is 9.63 Å². The van der Waals surface area contributed by atoms with Crippen molar-refractivity contribution in [2.24, 2.45) is 0 Å². The molecule has 1 unspecified atom stereocenters. The number of aliphatic carboxylic acids is 1. The van der Waals surface area contributed by atoms with Crippen molar-refractivity contribution in [3.63, 3.8) is 0 Å². The highest BCUT2D eigenvalue weighted by atomic mass is 16.5. The first-order chi connectivity index (χ1) is 10.1. The number of nitrogens with one attached hydrogen (secondary N) is 1.